The summed E-state index contributed by atoms with van der Waals surface area (Å²) in [5, 5.41) is 0. The number of aromatic nitrogens is 2. The van der Waals surface area contributed by atoms with Crippen molar-refractivity contribution in [2.24, 2.45) is 0 Å². The Morgan fingerprint density at radius 1 is 1.07 bits per heavy atom. The zero-order chi connectivity index (χ0) is 19.6. The van der Waals surface area contributed by atoms with E-state index in [1.54, 1.807) is 6.20 Å². The van der Waals surface area contributed by atoms with Gasteiger partial charge in [0.15, 0.2) is 12.3 Å². The number of H-pyrrole nitrogens is 1. The van der Waals surface area contributed by atoms with Gasteiger partial charge in [-0.1, -0.05) is 30.3 Å². The molecule has 28 heavy (non-hydrogen) atoms. The number of halogens is 3. The molecule has 0 saturated carbocycles. The molecule has 1 aromatic carbocycles. The molecule has 1 fully saturated rings. The summed E-state index contributed by atoms with van der Waals surface area (Å²) in [7, 11) is 0. The third kappa shape index (κ3) is 4.17. The average Bonchev–Trinajstić information content (AvgIpc) is 3.17. The zero-order valence-corrected chi connectivity index (χ0v) is 15.2. The van der Waals surface area contributed by atoms with Crippen LogP contribution in [0.1, 0.15) is 11.5 Å². The third-order valence-electron chi connectivity index (χ3n) is 4.95. The van der Waals surface area contributed by atoms with E-state index in [0.29, 0.717) is 18.3 Å². The van der Waals surface area contributed by atoms with E-state index in [1.807, 2.05) is 30.3 Å². The number of anilines is 1. The Morgan fingerprint density at radius 2 is 1.82 bits per heavy atom. The number of rotatable bonds is 4. The monoisotopic (exact) mass is 390 g/mol. The minimum Gasteiger partial charge on any atom is -0.435 e. The molecule has 0 amide bonds. The molecule has 2 aromatic heterocycles. The first-order valence-electron chi connectivity index (χ1n) is 9.16. The Hall–Kier alpha value is -2.87. The van der Waals surface area contributed by atoms with E-state index < -0.39 is 11.7 Å². The lowest BCUT2D eigenvalue weighted by molar-refractivity contribution is -0.915. The molecule has 1 aliphatic rings. The van der Waals surface area contributed by atoms with Crippen LogP contribution in [0.15, 0.2) is 59.3 Å². The normalized spacial score (nSPS) is 15.8. The lowest BCUT2D eigenvalue weighted by atomic mass is 10.2. The second-order valence-electron chi connectivity index (χ2n) is 6.86. The lowest BCUT2D eigenvalue weighted by Gasteiger charge is -2.27. The molecule has 4 rings (SSSR count). The predicted molar refractivity (Wildman–Crippen MR) is 96.6 cm³/mol. The van der Waals surface area contributed by atoms with E-state index >= 15 is 0 Å². The highest BCUT2D eigenvalue weighted by molar-refractivity contribution is 5.55. The largest absolute Gasteiger partial charge is 0.435 e. The molecule has 0 spiro atoms. The molecular weight excluding hydrogens is 369 g/mol. The maximum absolute atomic E-state index is 12.7. The number of nitrogens with one attached hydrogen (secondary N) is 2. The molecule has 1 saturated heterocycles. The summed E-state index contributed by atoms with van der Waals surface area (Å²) >= 11 is 0. The first kappa shape index (κ1) is 18.5. The molecule has 5 nitrogen and oxygen atoms in total. The highest BCUT2D eigenvalue weighted by Crippen LogP contribution is 2.28. The van der Waals surface area contributed by atoms with Gasteiger partial charge in [-0.15, -0.1) is 0 Å². The van der Waals surface area contributed by atoms with Crippen molar-refractivity contribution in [3.8, 4) is 11.3 Å². The molecular formula is C20H21F3N4O+2. The number of oxazole rings is 1. The van der Waals surface area contributed by atoms with Crippen molar-refractivity contribution < 1.29 is 27.5 Å². The summed E-state index contributed by atoms with van der Waals surface area (Å²) in [6.45, 7) is 3.92. The van der Waals surface area contributed by atoms with Crippen molar-refractivity contribution in [1.29, 1.82) is 0 Å². The molecule has 0 atom stereocenters. The predicted octanol–water partition coefficient (Wildman–Crippen LogP) is 2.08. The van der Waals surface area contributed by atoms with Gasteiger partial charge < -0.3 is 9.32 Å². The fourth-order valence-electron chi connectivity index (χ4n) is 3.37. The van der Waals surface area contributed by atoms with Gasteiger partial charge in [0, 0.05) is 11.6 Å². The van der Waals surface area contributed by atoms with Gasteiger partial charge in [0.05, 0.1) is 11.8 Å². The summed E-state index contributed by atoms with van der Waals surface area (Å²) in [6, 6.07) is 12.4. The molecule has 3 heterocycles. The van der Waals surface area contributed by atoms with E-state index in [9.17, 15) is 13.2 Å². The van der Waals surface area contributed by atoms with E-state index in [1.165, 1.54) is 11.0 Å². The van der Waals surface area contributed by atoms with Gasteiger partial charge >= 0.3 is 6.18 Å². The molecule has 0 radical (unpaired) electrons. The Labute approximate surface area is 160 Å². The van der Waals surface area contributed by atoms with Crippen molar-refractivity contribution in [3.63, 3.8) is 0 Å². The van der Waals surface area contributed by atoms with Gasteiger partial charge in [0.1, 0.15) is 32.4 Å². The number of alkyl halides is 3. The molecule has 146 valence electrons. The molecule has 1 aliphatic heterocycles. The van der Waals surface area contributed by atoms with Crippen molar-refractivity contribution >= 4 is 5.82 Å². The van der Waals surface area contributed by atoms with Crippen LogP contribution in [-0.2, 0) is 12.7 Å². The summed E-state index contributed by atoms with van der Waals surface area (Å²) in [6.07, 6.45) is -1.56. The van der Waals surface area contributed by atoms with Crippen LogP contribution in [0.4, 0.5) is 19.0 Å². The van der Waals surface area contributed by atoms with E-state index in [0.717, 1.165) is 49.8 Å². The molecule has 2 N–H and O–H groups in total. The molecule has 0 aliphatic carbocycles. The van der Waals surface area contributed by atoms with Crippen molar-refractivity contribution in [2.45, 2.75) is 12.7 Å². The number of hydrogen-bond donors (Lipinski definition) is 1. The first-order valence-corrected chi connectivity index (χ1v) is 9.16. The molecule has 0 unspecified atom stereocenters. The Bertz CT molecular complexity index is 901. The number of piperazine rings is 1. The van der Waals surface area contributed by atoms with Crippen LogP contribution < -0.4 is 14.8 Å². The van der Waals surface area contributed by atoms with Crippen molar-refractivity contribution in [2.75, 3.05) is 31.1 Å². The Kier molecular flexibility index (Phi) is 5.04. The fraction of sp³-hybridized carbons (Fsp3) is 0.300. The average molecular weight is 390 g/mol. The van der Waals surface area contributed by atoms with Gasteiger partial charge in [0.2, 0.25) is 0 Å². The molecule has 0 bridgehead atoms. The highest BCUT2D eigenvalue weighted by atomic mass is 19.4. The van der Waals surface area contributed by atoms with E-state index in [2.05, 4.69) is 14.9 Å². The van der Waals surface area contributed by atoms with Gasteiger partial charge in [-0.25, -0.2) is 9.97 Å². The summed E-state index contributed by atoms with van der Waals surface area (Å²) in [5.41, 5.74) is 0.331. The number of nitrogens with zero attached hydrogens (tertiary/aromatic N) is 2. The van der Waals surface area contributed by atoms with Crippen LogP contribution in [0, 0.1) is 0 Å². The fourth-order valence-corrected chi connectivity index (χ4v) is 3.37. The van der Waals surface area contributed by atoms with Gasteiger partial charge in [0.25, 0.3) is 11.7 Å². The Morgan fingerprint density at radius 3 is 2.46 bits per heavy atom. The highest BCUT2D eigenvalue weighted by Gasteiger charge is 2.33. The number of hydrogen-bond acceptors (Lipinski definition) is 3. The van der Waals surface area contributed by atoms with Crippen molar-refractivity contribution in [1.82, 2.24) is 4.98 Å². The van der Waals surface area contributed by atoms with Crippen LogP contribution in [0.25, 0.3) is 11.3 Å². The van der Waals surface area contributed by atoms with Crippen molar-refractivity contribution in [3.05, 3.63) is 66.3 Å². The maximum atomic E-state index is 12.7. The third-order valence-corrected chi connectivity index (χ3v) is 4.95. The second-order valence-corrected chi connectivity index (χ2v) is 6.86. The standard InChI is InChI=1S/C20H19F3N4O/c21-20(22,23)16-6-7-18(24-12-16)27-10-8-26(9-11-27)14-19-25-13-17(28-19)15-4-2-1-3-5-15/h1-7,12-13H,8-11,14H2/p+2. The number of pyridine rings is 1. The Balaban J connectivity index is 1.33. The second kappa shape index (κ2) is 7.63. The lowest BCUT2D eigenvalue weighted by Crippen LogP contribution is -3.13. The van der Waals surface area contributed by atoms with Crippen LogP contribution in [0.3, 0.4) is 0 Å². The summed E-state index contributed by atoms with van der Waals surface area (Å²) < 4.78 is 43.9. The minimum absolute atomic E-state index is 0.668. The number of benzene rings is 1. The van der Waals surface area contributed by atoms with Crippen LogP contribution >= 0.6 is 0 Å². The van der Waals surface area contributed by atoms with Crippen LogP contribution in [0.5, 0.6) is 0 Å². The van der Waals surface area contributed by atoms with Crippen LogP contribution in [-0.4, -0.2) is 31.2 Å². The van der Waals surface area contributed by atoms with E-state index in [4.69, 9.17) is 4.42 Å². The van der Waals surface area contributed by atoms with Gasteiger partial charge in [-0.2, -0.15) is 13.2 Å². The SMILES string of the molecule is FC(F)(F)c1ccc(N2CC[NH+](Cc3ncc(-c4ccccc4)o3)CC2)[nH+]c1. The topological polar surface area (TPSA) is 47.9 Å². The van der Waals surface area contributed by atoms with E-state index in [-0.39, 0.29) is 0 Å². The van der Waals surface area contributed by atoms with Gasteiger partial charge in [-0.05, 0) is 6.07 Å². The quantitative estimate of drug-likeness (QED) is 0.742. The maximum Gasteiger partial charge on any atom is 0.419 e. The minimum atomic E-state index is -4.33. The smallest absolute Gasteiger partial charge is 0.419 e. The van der Waals surface area contributed by atoms with Crippen LogP contribution in [0.2, 0.25) is 0 Å². The summed E-state index contributed by atoms with van der Waals surface area (Å²) in [5.74, 6) is 2.16. The molecule has 3 aromatic rings. The number of quaternary nitrogens is 1. The molecule has 8 heteroatoms. The first-order chi connectivity index (χ1) is 13.5. The summed E-state index contributed by atoms with van der Waals surface area (Å²) in [4.78, 5) is 10.5. The number of aromatic amines is 1. The zero-order valence-electron chi connectivity index (χ0n) is 15.2. The van der Waals surface area contributed by atoms with Gasteiger partial charge in [-0.3, -0.25) is 4.90 Å².